The minimum absolute atomic E-state index is 0.0226. The summed E-state index contributed by atoms with van der Waals surface area (Å²) >= 11 is 0. The van der Waals surface area contributed by atoms with Gasteiger partial charge in [-0.05, 0) is 37.5 Å². The van der Waals surface area contributed by atoms with Crippen LogP contribution >= 0.6 is 0 Å². The van der Waals surface area contributed by atoms with E-state index in [2.05, 4.69) is 0 Å². The molecule has 1 saturated heterocycles. The number of nitrogens with zero attached hydrogens (tertiary/aromatic N) is 4. The standard InChI is InChI=1S/C24H30N4O3/c1-15-18-13-20(29)28(14-16-8-10-17(31-5)11-9-16)22(18)26-21(25-15)19-7-6-12-27(19)23(30)24(2,3)4/h8-11,19H,6-7,12-14H2,1-5H3. The second-order valence-corrected chi connectivity index (χ2v) is 9.38. The Kier molecular flexibility index (Phi) is 5.45. The molecule has 0 spiro atoms. The molecule has 2 amide bonds. The fraction of sp³-hybridized carbons (Fsp3) is 0.500. The Morgan fingerprint density at radius 1 is 1.19 bits per heavy atom. The van der Waals surface area contributed by atoms with Crippen LogP contribution in [0.4, 0.5) is 5.82 Å². The number of benzene rings is 1. The van der Waals surface area contributed by atoms with Gasteiger partial charge in [0.25, 0.3) is 0 Å². The van der Waals surface area contributed by atoms with Crippen molar-refractivity contribution in [2.45, 2.75) is 59.5 Å². The summed E-state index contributed by atoms with van der Waals surface area (Å²) < 4.78 is 5.22. The molecule has 1 atom stereocenters. The minimum atomic E-state index is -0.454. The molecule has 0 N–H and O–H groups in total. The molecule has 1 aromatic carbocycles. The molecule has 7 heteroatoms. The van der Waals surface area contributed by atoms with E-state index in [4.69, 9.17) is 14.7 Å². The van der Waals surface area contributed by atoms with Crippen LogP contribution in [0.3, 0.4) is 0 Å². The third kappa shape index (κ3) is 4.01. The summed E-state index contributed by atoms with van der Waals surface area (Å²) in [6.07, 6.45) is 2.08. The second kappa shape index (κ2) is 7.94. The van der Waals surface area contributed by atoms with Crippen LogP contribution in [0.5, 0.6) is 5.75 Å². The first kappa shape index (κ1) is 21.3. The number of methoxy groups -OCH3 is 1. The van der Waals surface area contributed by atoms with Gasteiger partial charge in [0, 0.05) is 23.2 Å². The van der Waals surface area contributed by atoms with Gasteiger partial charge in [0.2, 0.25) is 11.8 Å². The smallest absolute Gasteiger partial charge is 0.233 e. The Morgan fingerprint density at radius 2 is 1.90 bits per heavy atom. The van der Waals surface area contributed by atoms with Gasteiger partial charge in [-0.25, -0.2) is 9.97 Å². The van der Waals surface area contributed by atoms with Gasteiger partial charge >= 0.3 is 0 Å². The average molecular weight is 423 g/mol. The van der Waals surface area contributed by atoms with Crippen molar-refractivity contribution >= 4 is 17.6 Å². The van der Waals surface area contributed by atoms with Gasteiger partial charge in [-0.1, -0.05) is 32.9 Å². The lowest BCUT2D eigenvalue weighted by Gasteiger charge is -2.30. The molecule has 3 heterocycles. The highest BCUT2D eigenvalue weighted by Crippen LogP contribution is 2.37. The molecule has 0 saturated carbocycles. The minimum Gasteiger partial charge on any atom is -0.497 e. The van der Waals surface area contributed by atoms with Crippen LogP contribution in [0.2, 0.25) is 0 Å². The highest BCUT2D eigenvalue weighted by Gasteiger charge is 2.39. The summed E-state index contributed by atoms with van der Waals surface area (Å²) in [4.78, 5) is 39.0. The van der Waals surface area contributed by atoms with Crippen molar-refractivity contribution in [1.29, 1.82) is 0 Å². The van der Waals surface area contributed by atoms with Gasteiger partial charge < -0.3 is 9.64 Å². The van der Waals surface area contributed by atoms with Gasteiger partial charge in [-0.3, -0.25) is 14.5 Å². The summed E-state index contributed by atoms with van der Waals surface area (Å²) in [6.45, 7) is 8.91. The fourth-order valence-corrected chi connectivity index (χ4v) is 4.33. The molecule has 31 heavy (non-hydrogen) atoms. The Bertz CT molecular complexity index is 1010. The summed E-state index contributed by atoms with van der Waals surface area (Å²) in [5.41, 5.74) is 2.25. The van der Waals surface area contributed by atoms with Crippen LogP contribution in [-0.4, -0.2) is 40.3 Å². The molecule has 2 aromatic rings. The topological polar surface area (TPSA) is 75.6 Å². The maximum absolute atomic E-state index is 13.0. The molecule has 7 nitrogen and oxygen atoms in total. The van der Waals surface area contributed by atoms with E-state index in [1.165, 1.54) is 0 Å². The third-order valence-corrected chi connectivity index (χ3v) is 6.05. The van der Waals surface area contributed by atoms with E-state index in [0.717, 1.165) is 42.0 Å². The summed E-state index contributed by atoms with van der Waals surface area (Å²) in [5, 5.41) is 0. The third-order valence-electron chi connectivity index (χ3n) is 6.05. The van der Waals surface area contributed by atoms with Gasteiger partial charge in [-0.2, -0.15) is 0 Å². The quantitative estimate of drug-likeness (QED) is 0.753. The maximum atomic E-state index is 13.0. The lowest BCUT2D eigenvalue weighted by atomic mass is 9.94. The number of carbonyl (C=O) groups is 2. The van der Waals surface area contributed by atoms with Gasteiger partial charge in [0.1, 0.15) is 11.6 Å². The highest BCUT2D eigenvalue weighted by molar-refractivity contribution is 6.00. The van der Waals surface area contributed by atoms with Crippen molar-refractivity contribution in [3.63, 3.8) is 0 Å². The van der Waals surface area contributed by atoms with Crippen LogP contribution < -0.4 is 9.64 Å². The number of carbonyl (C=O) groups excluding carboxylic acids is 2. The Balaban J connectivity index is 1.66. The van der Waals surface area contributed by atoms with E-state index in [1.807, 2.05) is 56.9 Å². The van der Waals surface area contributed by atoms with Gasteiger partial charge in [0.15, 0.2) is 5.82 Å². The number of rotatable bonds is 4. The molecule has 1 fully saturated rings. The summed E-state index contributed by atoms with van der Waals surface area (Å²) in [6, 6.07) is 7.55. The van der Waals surface area contributed by atoms with Crippen LogP contribution in [0.1, 0.15) is 62.3 Å². The van der Waals surface area contributed by atoms with E-state index in [0.29, 0.717) is 24.6 Å². The van der Waals surface area contributed by atoms with E-state index in [1.54, 1.807) is 12.0 Å². The first-order chi connectivity index (χ1) is 14.7. The molecule has 0 aliphatic carbocycles. The zero-order chi connectivity index (χ0) is 22.3. The number of aryl methyl sites for hydroxylation is 1. The van der Waals surface area contributed by atoms with Crippen LogP contribution in [-0.2, 0) is 22.6 Å². The zero-order valence-corrected chi connectivity index (χ0v) is 18.9. The Morgan fingerprint density at radius 3 is 2.55 bits per heavy atom. The van der Waals surface area contributed by atoms with Gasteiger partial charge in [-0.15, -0.1) is 0 Å². The molecule has 0 radical (unpaired) electrons. The first-order valence-electron chi connectivity index (χ1n) is 10.8. The monoisotopic (exact) mass is 422 g/mol. The number of anilines is 1. The Hall–Kier alpha value is -2.96. The van der Waals surface area contributed by atoms with Crippen molar-refractivity contribution in [2.24, 2.45) is 5.41 Å². The lowest BCUT2D eigenvalue weighted by Crippen LogP contribution is -2.39. The molecular formula is C24H30N4O3. The molecule has 164 valence electrons. The molecule has 2 aliphatic heterocycles. The maximum Gasteiger partial charge on any atom is 0.233 e. The first-order valence-corrected chi connectivity index (χ1v) is 10.8. The fourth-order valence-electron chi connectivity index (χ4n) is 4.33. The predicted molar refractivity (Wildman–Crippen MR) is 118 cm³/mol. The molecular weight excluding hydrogens is 392 g/mol. The number of fused-ring (bicyclic) bond motifs is 1. The molecule has 2 aliphatic rings. The van der Waals surface area contributed by atoms with E-state index in [9.17, 15) is 9.59 Å². The van der Waals surface area contributed by atoms with Crippen LogP contribution in [0.15, 0.2) is 24.3 Å². The van der Waals surface area contributed by atoms with Gasteiger partial charge in [0.05, 0.1) is 26.1 Å². The molecule has 0 bridgehead atoms. The largest absolute Gasteiger partial charge is 0.497 e. The second-order valence-electron chi connectivity index (χ2n) is 9.38. The van der Waals surface area contributed by atoms with Crippen molar-refractivity contribution < 1.29 is 14.3 Å². The lowest BCUT2D eigenvalue weighted by molar-refractivity contribution is -0.140. The molecule has 1 unspecified atom stereocenters. The van der Waals surface area contributed by atoms with E-state index < -0.39 is 5.41 Å². The zero-order valence-electron chi connectivity index (χ0n) is 18.9. The molecule has 1 aromatic heterocycles. The number of amides is 2. The summed E-state index contributed by atoms with van der Waals surface area (Å²) in [5.74, 6) is 2.23. The number of aromatic nitrogens is 2. The number of ether oxygens (including phenoxy) is 1. The van der Waals surface area contributed by atoms with Crippen molar-refractivity contribution in [2.75, 3.05) is 18.6 Å². The number of hydrogen-bond acceptors (Lipinski definition) is 5. The summed E-state index contributed by atoms with van der Waals surface area (Å²) in [7, 11) is 1.63. The number of hydrogen-bond donors (Lipinski definition) is 0. The van der Waals surface area contributed by atoms with Crippen molar-refractivity contribution in [1.82, 2.24) is 14.9 Å². The van der Waals surface area contributed by atoms with Crippen molar-refractivity contribution in [3.8, 4) is 5.75 Å². The highest BCUT2D eigenvalue weighted by atomic mass is 16.5. The SMILES string of the molecule is COc1ccc(CN2C(=O)Cc3c(C)nc(C4CCCN4C(=O)C(C)(C)C)nc32)cc1. The van der Waals surface area contributed by atoms with E-state index in [-0.39, 0.29) is 17.9 Å². The van der Waals surface area contributed by atoms with Crippen molar-refractivity contribution in [3.05, 3.63) is 46.9 Å². The Labute approximate surface area is 183 Å². The molecule has 4 rings (SSSR count). The normalized spacial score (nSPS) is 18.5. The van der Waals surface area contributed by atoms with E-state index >= 15 is 0 Å². The van der Waals surface area contributed by atoms with Crippen LogP contribution in [0, 0.1) is 12.3 Å². The number of likely N-dealkylation sites (tertiary alicyclic amines) is 1. The average Bonchev–Trinajstić information content (AvgIpc) is 3.33. The van der Waals surface area contributed by atoms with Crippen LogP contribution in [0.25, 0.3) is 0 Å². The predicted octanol–water partition coefficient (Wildman–Crippen LogP) is 3.59.